The highest BCUT2D eigenvalue weighted by Crippen LogP contribution is 2.30. The second-order valence-corrected chi connectivity index (χ2v) is 7.61. The lowest BCUT2D eigenvalue weighted by Crippen LogP contribution is -2.26. The number of nitrogens with zero attached hydrogens (tertiary/aromatic N) is 3. The quantitative estimate of drug-likeness (QED) is 0.491. The number of carbonyl (C=O) groups is 1. The number of aromatic nitrogens is 3. The monoisotopic (exact) mass is 422 g/mol. The van der Waals surface area contributed by atoms with E-state index in [4.69, 9.17) is 9.47 Å². The van der Waals surface area contributed by atoms with Gasteiger partial charge in [0.1, 0.15) is 0 Å². The number of rotatable bonds is 7. The Bertz CT molecular complexity index is 1180. The highest BCUT2D eigenvalue weighted by Gasteiger charge is 2.17. The van der Waals surface area contributed by atoms with Crippen LogP contribution in [0.15, 0.2) is 47.8 Å². The summed E-state index contributed by atoms with van der Waals surface area (Å²) in [5.74, 6) is 1.44. The van der Waals surface area contributed by atoms with Crippen LogP contribution < -0.4 is 14.8 Å². The zero-order valence-electron chi connectivity index (χ0n) is 17.0. The molecule has 2 heterocycles. The maximum Gasteiger partial charge on any atom is 0.255 e. The number of carbonyl (C=O) groups excluding carboxylic acids is 1. The maximum absolute atomic E-state index is 12.6. The molecule has 0 aliphatic carbocycles. The summed E-state index contributed by atoms with van der Waals surface area (Å²) in [6.45, 7) is 2.52. The van der Waals surface area contributed by atoms with E-state index in [1.165, 1.54) is 24.0 Å². The number of benzene rings is 2. The molecule has 2 aromatic carbocycles. The Hall–Kier alpha value is -3.39. The van der Waals surface area contributed by atoms with Crippen LogP contribution in [0.4, 0.5) is 0 Å². The summed E-state index contributed by atoms with van der Waals surface area (Å²) in [7, 11) is 3.07. The molecule has 1 N–H and O–H groups in total. The van der Waals surface area contributed by atoms with Crippen LogP contribution in [0, 0.1) is 6.92 Å². The van der Waals surface area contributed by atoms with Crippen LogP contribution in [0.3, 0.4) is 0 Å². The van der Waals surface area contributed by atoms with Crippen molar-refractivity contribution in [3.8, 4) is 22.9 Å². The molecule has 1 amide bonds. The van der Waals surface area contributed by atoms with Gasteiger partial charge in [-0.15, -0.1) is 16.4 Å². The second-order valence-electron chi connectivity index (χ2n) is 6.77. The molecule has 0 saturated heterocycles. The molecule has 2 aromatic heterocycles. The van der Waals surface area contributed by atoms with Gasteiger partial charge in [-0.05, 0) is 19.1 Å². The van der Waals surface area contributed by atoms with Crippen LogP contribution in [0.25, 0.3) is 16.3 Å². The number of amides is 1. The van der Waals surface area contributed by atoms with Gasteiger partial charge < -0.3 is 14.8 Å². The summed E-state index contributed by atoms with van der Waals surface area (Å²) in [5, 5.41) is 9.61. The number of fused-ring (bicyclic) bond motifs is 1. The zero-order valence-corrected chi connectivity index (χ0v) is 17.8. The fourth-order valence-electron chi connectivity index (χ4n) is 3.19. The summed E-state index contributed by atoms with van der Waals surface area (Å²) in [4.78, 5) is 18.1. The van der Waals surface area contributed by atoms with Gasteiger partial charge in [0.05, 0.1) is 25.5 Å². The third kappa shape index (κ3) is 3.86. The third-order valence-corrected chi connectivity index (χ3v) is 5.64. The van der Waals surface area contributed by atoms with E-state index < -0.39 is 0 Å². The van der Waals surface area contributed by atoms with Gasteiger partial charge in [-0.2, -0.15) is 4.98 Å². The normalized spacial score (nSPS) is 10.9. The smallest absolute Gasteiger partial charge is 0.255 e. The predicted molar refractivity (Wildman–Crippen MR) is 117 cm³/mol. The summed E-state index contributed by atoms with van der Waals surface area (Å²) in [5.41, 5.74) is 3.62. The first kappa shape index (κ1) is 19.9. The molecule has 0 spiro atoms. The average Bonchev–Trinajstić information content (AvgIpc) is 3.35. The molecule has 8 heteroatoms. The molecule has 0 unspecified atom stereocenters. The van der Waals surface area contributed by atoms with Gasteiger partial charge in [0.15, 0.2) is 17.3 Å². The number of ether oxygens (including phenoxy) is 2. The van der Waals surface area contributed by atoms with Crippen LogP contribution in [0.5, 0.6) is 11.5 Å². The maximum atomic E-state index is 12.6. The van der Waals surface area contributed by atoms with E-state index in [1.54, 1.807) is 25.3 Å². The Balaban J connectivity index is 1.45. The van der Waals surface area contributed by atoms with Crippen LogP contribution in [0.1, 0.15) is 21.6 Å². The molecule has 0 radical (unpaired) electrons. The van der Waals surface area contributed by atoms with E-state index in [1.807, 2.05) is 34.2 Å². The van der Waals surface area contributed by atoms with Crippen molar-refractivity contribution in [2.75, 3.05) is 20.8 Å². The van der Waals surface area contributed by atoms with E-state index in [2.05, 4.69) is 22.3 Å². The van der Waals surface area contributed by atoms with Crippen molar-refractivity contribution in [2.24, 2.45) is 0 Å². The van der Waals surface area contributed by atoms with E-state index in [9.17, 15) is 4.79 Å². The Morgan fingerprint density at radius 2 is 1.93 bits per heavy atom. The molecular weight excluding hydrogens is 400 g/mol. The molecule has 0 bridgehead atoms. The van der Waals surface area contributed by atoms with Gasteiger partial charge in [0.2, 0.25) is 4.96 Å². The molecule has 7 nitrogen and oxygen atoms in total. The van der Waals surface area contributed by atoms with Crippen molar-refractivity contribution in [1.29, 1.82) is 0 Å². The Morgan fingerprint density at radius 1 is 1.13 bits per heavy atom. The Kier molecular flexibility index (Phi) is 5.67. The van der Waals surface area contributed by atoms with Crippen LogP contribution in [-0.2, 0) is 6.42 Å². The van der Waals surface area contributed by atoms with E-state index >= 15 is 0 Å². The fourth-order valence-corrected chi connectivity index (χ4v) is 4.04. The van der Waals surface area contributed by atoms with Crippen LogP contribution in [-0.4, -0.2) is 41.3 Å². The molecule has 0 aliphatic rings. The number of aryl methyl sites for hydroxylation is 1. The molecule has 30 heavy (non-hydrogen) atoms. The summed E-state index contributed by atoms with van der Waals surface area (Å²) >= 11 is 1.54. The minimum Gasteiger partial charge on any atom is -0.493 e. The number of hydrogen-bond acceptors (Lipinski definition) is 6. The molecular formula is C22H22N4O3S. The van der Waals surface area contributed by atoms with Crippen molar-refractivity contribution >= 4 is 22.2 Å². The van der Waals surface area contributed by atoms with Gasteiger partial charge in [-0.25, -0.2) is 4.52 Å². The van der Waals surface area contributed by atoms with Crippen molar-refractivity contribution in [2.45, 2.75) is 13.3 Å². The number of nitrogens with one attached hydrogen (secondary N) is 1. The number of hydrogen-bond donors (Lipinski definition) is 1. The molecule has 4 rings (SSSR count). The lowest BCUT2D eigenvalue weighted by molar-refractivity contribution is 0.0950. The first-order valence-corrected chi connectivity index (χ1v) is 10.4. The topological polar surface area (TPSA) is 77.8 Å². The molecule has 0 atom stereocenters. The SMILES string of the molecule is COc1cccc(C(=O)NCCc2csc3nc(-c4ccc(C)cc4)nn23)c1OC. The van der Waals surface area contributed by atoms with Gasteiger partial charge in [-0.1, -0.05) is 35.9 Å². The minimum atomic E-state index is -0.212. The Labute approximate surface area is 178 Å². The van der Waals surface area contributed by atoms with Gasteiger partial charge in [0.25, 0.3) is 5.91 Å². The average molecular weight is 423 g/mol. The lowest BCUT2D eigenvalue weighted by Gasteiger charge is -2.12. The second kappa shape index (κ2) is 8.54. The largest absolute Gasteiger partial charge is 0.493 e. The van der Waals surface area contributed by atoms with Crippen LogP contribution >= 0.6 is 11.3 Å². The van der Waals surface area contributed by atoms with Crippen molar-refractivity contribution in [3.63, 3.8) is 0 Å². The van der Waals surface area contributed by atoms with Crippen molar-refractivity contribution < 1.29 is 14.3 Å². The van der Waals surface area contributed by atoms with Gasteiger partial charge in [-0.3, -0.25) is 4.79 Å². The predicted octanol–water partition coefficient (Wildman–Crippen LogP) is 3.76. The first-order valence-electron chi connectivity index (χ1n) is 9.50. The summed E-state index contributed by atoms with van der Waals surface area (Å²) < 4.78 is 12.5. The third-order valence-electron chi connectivity index (χ3n) is 4.77. The molecule has 0 fully saturated rings. The lowest BCUT2D eigenvalue weighted by atomic mass is 10.1. The minimum absolute atomic E-state index is 0.212. The standard InChI is InChI=1S/C22H22N4O3S/c1-14-7-9-15(10-8-14)20-24-22-26(25-20)16(13-30-22)11-12-23-21(27)17-5-4-6-18(28-2)19(17)29-3/h4-10,13H,11-12H2,1-3H3,(H,23,27). The number of para-hydroxylation sites is 1. The first-order chi connectivity index (χ1) is 14.6. The van der Waals surface area contributed by atoms with E-state index in [0.29, 0.717) is 35.9 Å². The highest BCUT2D eigenvalue weighted by atomic mass is 32.1. The van der Waals surface area contributed by atoms with E-state index in [0.717, 1.165) is 16.2 Å². The fraction of sp³-hybridized carbons (Fsp3) is 0.227. The Morgan fingerprint density at radius 3 is 2.67 bits per heavy atom. The molecule has 0 saturated carbocycles. The van der Waals surface area contributed by atoms with Crippen molar-refractivity contribution in [3.05, 3.63) is 64.7 Å². The number of thiazole rings is 1. The van der Waals surface area contributed by atoms with Crippen LogP contribution in [0.2, 0.25) is 0 Å². The highest BCUT2D eigenvalue weighted by molar-refractivity contribution is 7.15. The van der Waals surface area contributed by atoms with Crippen molar-refractivity contribution in [1.82, 2.24) is 19.9 Å². The summed E-state index contributed by atoms with van der Waals surface area (Å²) in [6.07, 6.45) is 0.634. The summed E-state index contributed by atoms with van der Waals surface area (Å²) in [6, 6.07) is 13.4. The molecule has 154 valence electrons. The zero-order chi connectivity index (χ0) is 21.1. The van der Waals surface area contributed by atoms with Gasteiger partial charge >= 0.3 is 0 Å². The number of methoxy groups -OCH3 is 2. The van der Waals surface area contributed by atoms with Gasteiger partial charge in [0, 0.05) is 23.9 Å². The van der Waals surface area contributed by atoms with E-state index in [-0.39, 0.29) is 5.91 Å². The molecule has 0 aliphatic heterocycles. The molecule has 4 aromatic rings.